The Balaban J connectivity index is 1.66. The standard InChI is InChI=1S/C21H17F2N3O5S/c1-26-8-7-19(25-26)24-21(27)12-9-16(15-11-18(20(22)23)30-17(15)10-12)29-13-3-5-14(6-4-13)32-31-28-2/h3-11,20H,1-2H3,(H,24,25,27). The van der Waals surface area contributed by atoms with Gasteiger partial charge in [0, 0.05) is 29.8 Å². The molecule has 0 fully saturated rings. The van der Waals surface area contributed by atoms with E-state index >= 15 is 0 Å². The van der Waals surface area contributed by atoms with Crippen LogP contribution in [0.25, 0.3) is 11.0 Å². The normalized spacial score (nSPS) is 11.3. The zero-order valence-electron chi connectivity index (χ0n) is 16.9. The van der Waals surface area contributed by atoms with E-state index in [1.807, 2.05) is 0 Å². The predicted octanol–water partition coefficient (Wildman–Crippen LogP) is 5.73. The number of hydrogen-bond donors (Lipinski definition) is 1. The largest absolute Gasteiger partial charge is 0.457 e. The van der Waals surface area contributed by atoms with Crippen LogP contribution in [0.4, 0.5) is 14.6 Å². The Morgan fingerprint density at radius 1 is 1.19 bits per heavy atom. The van der Waals surface area contributed by atoms with Gasteiger partial charge >= 0.3 is 0 Å². The van der Waals surface area contributed by atoms with Crippen LogP contribution in [-0.4, -0.2) is 22.8 Å². The average molecular weight is 461 g/mol. The lowest BCUT2D eigenvalue weighted by atomic mass is 10.1. The van der Waals surface area contributed by atoms with Crippen molar-refractivity contribution in [3.8, 4) is 11.5 Å². The van der Waals surface area contributed by atoms with Crippen molar-refractivity contribution < 1.29 is 32.0 Å². The number of furan rings is 1. The number of rotatable bonds is 8. The molecule has 0 saturated heterocycles. The van der Waals surface area contributed by atoms with Crippen molar-refractivity contribution in [1.29, 1.82) is 0 Å². The number of nitrogens with zero attached hydrogens (tertiary/aromatic N) is 2. The fourth-order valence-electron chi connectivity index (χ4n) is 2.88. The second-order valence-electron chi connectivity index (χ2n) is 6.56. The van der Waals surface area contributed by atoms with Gasteiger partial charge in [0.1, 0.15) is 17.1 Å². The Morgan fingerprint density at radius 3 is 2.62 bits per heavy atom. The highest BCUT2D eigenvalue weighted by Gasteiger charge is 2.20. The van der Waals surface area contributed by atoms with Gasteiger partial charge in [0.05, 0.1) is 24.5 Å². The van der Waals surface area contributed by atoms with Crippen LogP contribution < -0.4 is 10.1 Å². The van der Waals surface area contributed by atoms with E-state index in [0.29, 0.717) is 17.0 Å². The highest BCUT2D eigenvalue weighted by Crippen LogP contribution is 2.37. The Hall–Kier alpha value is -3.41. The van der Waals surface area contributed by atoms with Gasteiger partial charge in [0.2, 0.25) is 0 Å². The van der Waals surface area contributed by atoms with Gasteiger partial charge in [0.15, 0.2) is 11.6 Å². The molecule has 0 radical (unpaired) electrons. The summed E-state index contributed by atoms with van der Waals surface area (Å²) >= 11 is 1.02. The maximum atomic E-state index is 13.2. The van der Waals surface area contributed by atoms with Gasteiger partial charge in [0.25, 0.3) is 12.3 Å². The fourth-order valence-corrected chi connectivity index (χ4v) is 3.28. The molecule has 0 aliphatic carbocycles. The fraction of sp³-hybridized carbons (Fsp3) is 0.143. The molecule has 4 rings (SSSR count). The van der Waals surface area contributed by atoms with E-state index in [1.165, 1.54) is 30.0 Å². The summed E-state index contributed by atoms with van der Waals surface area (Å²) in [6.07, 6.45) is -1.13. The van der Waals surface area contributed by atoms with E-state index in [9.17, 15) is 13.6 Å². The van der Waals surface area contributed by atoms with E-state index in [2.05, 4.69) is 15.3 Å². The van der Waals surface area contributed by atoms with Gasteiger partial charge in [-0.25, -0.2) is 13.7 Å². The van der Waals surface area contributed by atoms with Crippen LogP contribution in [0.1, 0.15) is 22.5 Å². The van der Waals surface area contributed by atoms with E-state index in [0.717, 1.165) is 16.9 Å². The summed E-state index contributed by atoms with van der Waals surface area (Å²) in [7, 11) is 3.11. The second-order valence-corrected chi connectivity index (χ2v) is 7.33. The summed E-state index contributed by atoms with van der Waals surface area (Å²) in [6.45, 7) is 0. The highest BCUT2D eigenvalue weighted by molar-refractivity contribution is 7.94. The zero-order valence-corrected chi connectivity index (χ0v) is 17.7. The number of ether oxygens (including phenoxy) is 1. The lowest BCUT2D eigenvalue weighted by Gasteiger charge is -2.10. The minimum Gasteiger partial charge on any atom is -0.457 e. The third kappa shape index (κ3) is 4.90. The van der Waals surface area contributed by atoms with E-state index in [4.69, 9.17) is 13.5 Å². The average Bonchev–Trinajstić information content (AvgIpc) is 3.39. The number of nitrogens with one attached hydrogen (secondary N) is 1. The third-order valence-electron chi connectivity index (χ3n) is 4.30. The molecule has 2 aromatic heterocycles. The van der Waals surface area contributed by atoms with E-state index in [-0.39, 0.29) is 16.9 Å². The van der Waals surface area contributed by atoms with Gasteiger partial charge in [-0.2, -0.15) is 9.43 Å². The zero-order chi connectivity index (χ0) is 22.7. The number of carbonyl (C=O) groups is 1. The highest BCUT2D eigenvalue weighted by atomic mass is 32.2. The number of aromatic nitrogens is 2. The summed E-state index contributed by atoms with van der Waals surface area (Å²) in [4.78, 5) is 18.0. The summed E-state index contributed by atoms with van der Waals surface area (Å²) in [5.41, 5.74) is 0.263. The Labute approximate surface area is 185 Å². The number of alkyl halides is 2. The van der Waals surface area contributed by atoms with Crippen molar-refractivity contribution in [2.75, 3.05) is 12.4 Å². The molecular formula is C21H17F2N3O5S. The molecule has 2 aromatic carbocycles. The van der Waals surface area contributed by atoms with Crippen LogP contribution in [-0.2, 0) is 16.3 Å². The van der Waals surface area contributed by atoms with Crippen LogP contribution in [0.2, 0.25) is 0 Å². The van der Waals surface area contributed by atoms with Crippen LogP contribution in [0.3, 0.4) is 0 Å². The molecule has 0 unspecified atom stereocenters. The number of benzene rings is 2. The monoisotopic (exact) mass is 461 g/mol. The third-order valence-corrected chi connectivity index (χ3v) is 4.97. The topological polar surface area (TPSA) is 87.8 Å². The van der Waals surface area contributed by atoms with Crippen molar-refractivity contribution in [3.63, 3.8) is 0 Å². The Kier molecular flexibility index (Phi) is 6.40. The van der Waals surface area contributed by atoms with Crippen molar-refractivity contribution in [2.45, 2.75) is 11.3 Å². The second kappa shape index (κ2) is 9.39. The first-order chi connectivity index (χ1) is 15.4. The molecule has 8 nitrogen and oxygen atoms in total. The molecule has 0 aliphatic rings. The minimum absolute atomic E-state index is 0.102. The summed E-state index contributed by atoms with van der Waals surface area (Å²) in [5.74, 6) is -0.0448. The van der Waals surface area contributed by atoms with Crippen molar-refractivity contribution in [1.82, 2.24) is 9.78 Å². The SMILES string of the molecule is COOSc1ccc(Oc2cc(C(=O)Nc3ccn(C)n3)cc3oc(C(F)F)cc23)cc1. The number of anilines is 1. The van der Waals surface area contributed by atoms with Crippen LogP contribution in [0.5, 0.6) is 11.5 Å². The quantitative estimate of drug-likeness (QED) is 0.204. The van der Waals surface area contributed by atoms with Crippen LogP contribution in [0.15, 0.2) is 64.0 Å². The van der Waals surface area contributed by atoms with Crippen molar-refractivity contribution >= 4 is 34.7 Å². The predicted molar refractivity (Wildman–Crippen MR) is 113 cm³/mol. The van der Waals surface area contributed by atoms with Gasteiger partial charge in [-0.05, 0) is 42.5 Å². The molecule has 166 valence electrons. The molecule has 0 bridgehead atoms. The number of amides is 1. The van der Waals surface area contributed by atoms with Crippen LogP contribution in [0, 0.1) is 0 Å². The molecule has 1 amide bonds. The molecule has 0 atom stereocenters. The Bertz CT molecular complexity index is 1240. The molecule has 0 aliphatic heterocycles. The molecule has 2 heterocycles. The molecule has 4 aromatic rings. The van der Waals surface area contributed by atoms with Crippen LogP contribution >= 0.6 is 12.0 Å². The minimum atomic E-state index is -2.81. The lowest BCUT2D eigenvalue weighted by Crippen LogP contribution is -2.12. The summed E-state index contributed by atoms with van der Waals surface area (Å²) < 4.78 is 43.9. The smallest absolute Gasteiger partial charge is 0.295 e. The molecule has 32 heavy (non-hydrogen) atoms. The number of carbonyl (C=O) groups excluding carboxylic acids is 1. The van der Waals surface area contributed by atoms with E-state index in [1.54, 1.807) is 43.6 Å². The summed E-state index contributed by atoms with van der Waals surface area (Å²) in [6, 6.07) is 12.5. The molecular weight excluding hydrogens is 444 g/mol. The first-order valence-corrected chi connectivity index (χ1v) is 9.99. The maximum Gasteiger partial charge on any atom is 0.295 e. The lowest BCUT2D eigenvalue weighted by molar-refractivity contribution is -0.160. The van der Waals surface area contributed by atoms with Crippen molar-refractivity contribution in [3.05, 3.63) is 66.1 Å². The molecule has 0 saturated carbocycles. The van der Waals surface area contributed by atoms with Gasteiger partial charge in [-0.3, -0.25) is 9.48 Å². The van der Waals surface area contributed by atoms with Gasteiger partial charge in [-0.15, -0.1) is 0 Å². The number of hydrogen-bond acceptors (Lipinski definition) is 7. The molecule has 11 heteroatoms. The van der Waals surface area contributed by atoms with Gasteiger partial charge < -0.3 is 14.5 Å². The van der Waals surface area contributed by atoms with Gasteiger partial charge in [-0.1, -0.05) is 0 Å². The number of halogens is 2. The van der Waals surface area contributed by atoms with Crippen molar-refractivity contribution in [2.24, 2.45) is 7.05 Å². The first kappa shape index (κ1) is 21.8. The Morgan fingerprint density at radius 2 is 1.97 bits per heavy atom. The molecule has 0 spiro atoms. The van der Waals surface area contributed by atoms with E-state index < -0.39 is 18.1 Å². The first-order valence-electron chi connectivity index (χ1n) is 9.25. The summed E-state index contributed by atoms with van der Waals surface area (Å²) in [5, 5.41) is 7.06. The number of fused-ring (bicyclic) bond motifs is 1. The number of aryl methyl sites for hydroxylation is 1. The maximum absolute atomic E-state index is 13.2. The molecule has 1 N–H and O–H groups in total.